The van der Waals surface area contributed by atoms with E-state index in [0.29, 0.717) is 4.68 Å². The molecule has 124 valence electrons. The van der Waals surface area contributed by atoms with Crippen LogP contribution >= 0.6 is 0 Å². The molecule has 3 aromatic rings. The number of hydrogen-bond donors (Lipinski definition) is 1. The number of carbonyl (C=O) groups excluding carboxylic acids is 1. The molecule has 0 fully saturated rings. The van der Waals surface area contributed by atoms with Crippen LogP contribution in [0.15, 0.2) is 55.0 Å². The van der Waals surface area contributed by atoms with Crippen LogP contribution in [0.25, 0.3) is 5.69 Å². The molecule has 0 aliphatic rings. The summed E-state index contributed by atoms with van der Waals surface area (Å²) in [4.78, 5) is 12.2. The fraction of sp³-hybridized carbons (Fsp3) is 0.188. The summed E-state index contributed by atoms with van der Waals surface area (Å²) in [6.07, 6.45) is 4.54. The molecular weight excluding hydrogens is 316 g/mol. The summed E-state index contributed by atoms with van der Waals surface area (Å²) >= 11 is 0. The Morgan fingerprint density at radius 3 is 2.62 bits per heavy atom. The predicted molar refractivity (Wildman–Crippen MR) is 82.9 cm³/mol. The molecule has 0 radical (unpaired) electrons. The van der Waals surface area contributed by atoms with Crippen molar-refractivity contribution in [3.05, 3.63) is 66.2 Å². The highest BCUT2D eigenvalue weighted by molar-refractivity contribution is 5.92. The third kappa shape index (κ3) is 3.17. The number of aromatic nitrogens is 4. The number of hydrogen-bond acceptors (Lipinski definition) is 3. The lowest BCUT2D eigenvalue weighted by Gasteiger charge is -2.17. The molecule has 1 aromatic carbocycles. The van der Waals surface area contributed by atoms with Crippen molar-refractivity contribution >= 4 is 5.91 Å². The molecule has 1 N–H and O–H groups in total. The summed E-state index contributed by atoms with van der Waals surface area (Å²) in [5.74, 6) is -0.517. The van der Waals surface area contributed by atoms with E-state index in [9.17, 15) is 13.6 Å². The van der Waals surface area contributed by atoms with Crippen molar-refractivity contribution < 1.29 is 13.6 Å². The van der Waals surface area contributed by atoms with Gasteiger partial charge in [0.1, 0.15) is 5.69 Å². The number of nitrogens with zero attached hydrogens (tertiary/aromatic N) is 4. The van der Waals surface area contributed by atoms with Crippen molar-refractivity contribution in [2.24, 2.45) is 0 Å². The van der Waals surface area contributed by atoms with E-state index >= 15 is 0 Å². The average molecular weight is 331 g/mol. The average Bonchev–Trinajstić information content (AvgIpc) is 3.26. The highest BCUT2D eigenvalue weighted by Crippen LogP contribution is 2.21. The Labute approximate surface area is 136 Å². The molecule has 0 aliphatic heterocycles. The Morgan fingerprint density at radius 2 is 1.96 bits per heavy atom. The van der Waals surface area contributed by atoms with Crippen LogP contribution in [-0.4, -0.2) is 25.5 Å². The number of amides is 1. The van der Waals surface area contributed by atoms with E-state index in [1.54, 1.807) is 23.1 Å². The van der Waals surface area contributed by atoms with Crippen molar-refractivity contribution in [1.29, 1.82) is 0 Å². The van der Waals surface area contributed by atoms with Crippen molar-refractivity contribution in [2.75, 3.05) is 0 Å². The largest absolute Gasteiger partial charge is 0.344 e. The maximum Gasteiger partial charge on any atom is 0.333 e. The highest BCUT2D eigenvalue weighted by Gasteiger charge is 2.18. The van der Waals surface area contributed by atoms with Gasteiger partial charge in [0.05, 0.1) is 11.7 Å². The van der Waals surface area contributed by atoms with Gasteiger partial charge in [0.2, 0.25) is 0 Å². The van der Waals surface area contributed by atoms with E-state index in [1.807, 2.05) is 31.2 Å². The summed E-state index contributed by atoms with van der Waals surface area (Å²) in [5, 5.41) is 10.5. The number of halogens is 2. The minimum absolute atomic E-state index is 0.0567. The van der Waals surface area contributed by atoms with Gasteiger partial charge in [0.15, 0.2) is 0 Å². The molecule has 0 saturated carbocycles. The van der Waals surface area contributed by atoms with E-state index in [1.165, 1.54) is 6.07 Å². The fourth-order valence-electron chi connectivity index (χ4n) is 2.39. The van der Waals surface area contributed by atoms with E-state index in [2.05, 4.69) is 15.5 Å². The summed E-state index contributed by atoms with van der Waals surface area (Å²) in [6.45, 7) is -0.964. The Kier molecular flexibility index (Phi) is 4.37. The molecule has 24 heavy (non-hydrogen) atoms. The van der Waals surface area contributed by atoms with Crippen molar-refractivity contribution in [1.82, 2.24) is 24.9 Å². The first kappa shape index (κ1) is 15.9. The van der Waals surface area contributed by atoms with Crippen LogP contribution in [0.3, 0.4) is 0 Å². The maximum absolute atomic E-state index is 12.5. The molecule has 0 spiro atoms. The lowest BCUT2D eigenvalue weighted by atomic mass is 10.1. The normalized spacial score (nSPS) is 12.3. The van der Waals surface area contributed by atoms with Crippen LogP contribution in [-0.2, 0) is 0 Å². The second kappa shape index (κ2) is 6.61. The molecule has 0 saturated heterocycles. The molecule has 0 unspecified atom stereocenters. The molecular formula is C16H15F2N5O. The molecule has 2 heterocycles. The van der Waals surface area contributed by atoms with Gasteiger partial charge in [-0.25, -0.2) is 9.36 Å². The summed E-state index contributed by atoms with van der Waals surface area (Å²) in [5.41, 5.74) is 1.62. The van der Waals surface area contributed by atoms with E-state index in [0.717, 1.165) is 17.4 Å². The molecule has 2 aromatic heterocycles. The van der Waals surface area contributed by atoms with Gasteiger partial charge in [-0.1, -0.05) is 18.2 Å². The van der Waals surface area contributed by atoms with Gasteiger partial charge in [-0.2, -0.15) is 19.0 Å². The predicted octanol–water partition coefficient (Wildman–Crippen LogP) is 2.95. The van der Waals surface area contributed by atoms with Crippen LogP contribution in [0.2, 0.25) is 0 Å². The third-order valence-electron chi connectivity index (χ3n) is 3.54. The van der Waals surface area contributed by atoms with E-state index < -0.39 is 12.5 Å². The zero-order chi connectivity index (χ0) is 17.1. The number of para-hydroxylation sites is 1. The second-order valence-electron chi connectivity index (χ2n) is 5.16. The second-order valence-corrected chi connectivity index (χ2v) is 5.16. The SMILES string of the molecule is C[C@@H](NC(=O)c1ccn(C(F)F)n1)c1ccccc1-n1cccn1. The topological polar surface area (TPSA) is 64.7 Å². The summed E-state index contributed by atoms with van der Waals surface area (Å²) in [7, 11) is 0. The van der Waals surface area contributed by atoms with Gasteiger partial charge in [-0.3, -0.25) is 4.79 Å². The van der Waals surface area contributed by atoms with Gasteiger partial charge in [-0.05, 0) is 30.7 Å². The Morgan fingerprint density at radius 1 is 1.17 bits per heavy atom. The smallest absolute Gasteiger partial charge is 0.333 e. The molecule has 8 heteroatoms. The maximum atomic E-state index is 12.5. The van der Waals surface area contributed by atoms with Gasteiger partial charge >= 0.3 is 6.55 Å². The third-order valence-corrected chi connectivity index (χ3v) is 3.54. The minimum Gasteiger partial charge on any atom is -0.344 e. The molecule has 1 amide bonds. The van der Waals surface area contributed by atoms with Gasteiger partial charge in [0, 0.05) is 18.6 Å². The zero-order valence-electron chi connectivity index (χ0n) is 12.8. The Bertz CT molecular complexity index is 829. The first-order valence-electron chi connectivity index (χ1n) is 7.29. The zero-order valence-corrected chi connectivity index (χ0v) is 12.8. The van der Waals surface area contributed by atoms with Crippen LogP contribution in [0.5, 0.6) is 0 Å². The van der Waals surface area contributed by atoms with E-state index in [4.69, 9.17) is 0 Å². The standard InChI is InChI=1S/C16H15F2N5O/c1-11(20-15(24)13-7-10-23(21-13)16(17)18)12-5-2-3-6-14(12)22-9-4-8-19-22/h2-11,16H,1H3,(H,20,24)/t11-/m1/s1. The molecule has 6 nitrogen and oxygen atoms in total. The van der Waals surface area contributed by atoms with Gasteiger partial charge in [0.25, 0.3) is 5.91 Å². The van der Waals surface area contributed by atoms with Crippen LogP contribution in [0.1, 0.15) is 35.6 Å². The first-order valence-corrected chi connectivity index (χ1v) is 7.29. The summed E-state index contributed by atoms with van der Waals surface area (Å²) < 4.78 is 27.2. The van der Waals surface area contributed by atoms with Gasteiger partial charge < -0.3 is 5.32 Å². The Hall–Kier alpha value is -3.03. The quantitative estimate of drug-likeness (QED) is 0.782. The summed E-state index contributed by atoms with van der Waals surface area (Å²) in [6, 6.07) is 10.2. The number of benzene rings is 1. The molecule has 0 bridgehead atoms. The molecule has 0 aliphatic carbocycles. The number of nitrogens with one attached hydrogen (secondary N) is 1. The lowest BCUT2D eigenvalue weighted by Crippen LogP contribution is -2.28. The fourth-order valence-corrected chi connectivity index (χ4v) is 2.39. The highest BCUT2D eigenvalue weighted by atomic mass is 19.3. The number of rotatable bonds is 5. The van der Waals surface area contributed by atoms with Crippen LogP contribution < -0.4 is 5.32 Å². The van der Waals surface area contributed by atoms with Gasteiger partial charge in [-0.15, -0.1) is 0 Å². The van der Waals surface area contributed by atoms with Crippen molar-refractivity contribution in [2.45, 2.75) is 19.5 Å². The van der Waals surface area contributed by atoms with Crippen LogP contribution in [0.4, 0.5) is 8.78 Å². The van der Waals surface area contributed by atoms with Crippen molar-refractivity contribution in [3.63, 3.8) is 0 Å². The lowest BCUT2D eigenvalue weighted by molar-refractivity contribution is 0.0559. The van der Waals surface area contributed by atoms with E-state index in [-0.39, 0.29) is 11.7 Å². The minimum atomic E-state index is -2.77. The first-order chi connectivity index (χ1) is 11.6. The Balaban J connectivity index is 1.80. The number of alkyl halides is 2. The van der Waals surface area contributed by atoms with Crippen LogP contribution in [0, 0.1) is 0 Å². The monoisotopic (exact) mass is 331 g/mol. The number of carbonyl (C=O) groups is 1. The molecule has 3 rings (SSSR count). The molecule has 1 atom stereocenters. The van der Waals surface area contributed by atoms with Crippen molar-refractivity contribution in [3.8, 4) is 5.69 Å².